The first-order valence-electron chi connectivity index (χ1n) is 30.2. The van der Waals surface area contributed by atoms with Crippen LogP contribution in [0, 0.1) is 39.4 Å². The Balaban J connectivity index is -0.000000251. The number of aryl methyl sites for hydroxylation is 1. The summed E-state index contributed by atoms with van der Waals surface area (Å²) >= 11 is 0. The molecule has 7 aromatic carbocycles. The van der Waals surface area contributed by atoms with E-state index in [0.717, 1.165) is 12.1 Å². The molecule has 0 unspecified atom stereocenters. The molecule has 0 fully saturated rings. The standard InChI is InChI=1S/2C18H15P.C7H8.6C5H10O2.C4H4N2O2.4W/c2*1-4-10-16(11-5-1)19(17-12-6-2-7-13-17)18-14-8-3-9-15-18;1-7-5-3-2-4-6-7;6*1-5(2,3)4(6)7;7-3-1-2-4(8)6-5-3;;;;/h2*1-15H;2-6H,1H3;6*1-3H3,(H,6,7);1-2H,(H,5,7)(H,6,8);;;;/q;;;;;;;;;;4*+2/p-7. The molecule has 22 heteroatoms. The van der Waals surface area contributed by atoms with Crippen LogP contribution in [0.1, 0.15) is 130 Å². The van der Waals surface area contributed by atoms with Gasteiger partial charge in [-0.1, -0.05) is 306 Å². The number of hydrogen-bond acceptors (Lipinski definition) is 16. The summed E-state index contributed by atoms with van der Waals surface area (Å²) in [6, 6.07) is 77.2. The zero-order valence-corrected chi connectivity index (χ0v) is 73.7. The molecule has 0 aliphatic carbocycles. The van der Waals surface area contributed by atoms with Gasteiger partial charge in [-0.25, -0.2) is 0 Å². The second-order valence-corrected chi connectivity index (χ2v) is 31.6. The van der Waals surface area contributed by atoms with Crippen molar-refractivity contribution < 1.29 is 154 Å². The molecule has 0 saturated carbocycles. The number of carbonyl (C=O) groups is 6. The molecular formula is C77H95N2O14P2W4+. The molecule has 0 aliphatic heterocycles. The molecule has 0 radical (unpaired) electrons. The molecule has 8 aromatic rings. The number of rotatable bonds is 6. The van der Waals surface area contributed by atoms with E-state index >= 15 is 0 Å². The summed E-state index contributed by atoms with van der Waals surface area (Å²) in [5, 5.41) is 94.1. The number of carboxylic acid groups (broad SMARTS) is 6. The average Bonchev–Trinajstić information content (AvgIpc) is 0.828. The van der Waals surface area contributed by atoms with Crippen molar-refractivity contribution in [3.05, 3.63) is 230 Å². The molecule has 0 amide bonds. The van der Waals surface area contributed by atoms with Crippen LogP contribution in [0.2, 0.25) is 0 Å². The van der Waals surface area contributed by atoms with E-state index in [4.69, 9.17) is 0 Å². The third-order valence-electron chi connectivity index (χ3n) is 11.5. The topological polar surface area (TPSA) is 313 Å². The van der Waals surface area contributed by atoms with Crippen molar-refractivity contribution in [3.8, 4) is 11.8 Å². The molecule has 0 bridgehead atoms. The quantitative estimate of drug-likeness (QED) is 0.174. The Hall–Kier alpha value is -6.35. The van der Waals surface area contributed by atoms with Gasteiger partial charge in [0, 0.05) is 80.1 Å². The summed E-state index contributed by atoms with van der Waals surface area (Å²) in [6.07, 6.45) is 0. The summed E-state index contributed by atoms with van der Waals surface area (Å²) in [7, 11) is -1.32. The van der Waals surface area contributed by atoms with Crippen molar-refractivity contribution in [3.63, 3.8) is 0 Å². The molecule has 0 aliphatic rings. The fourth-order valence-electron chi connectivity index (χ4n) is 5.34. The summed E-state index contributed by atoms with van der Waals surface area (Å²) < 4.78 is 0. The predicted molar refractivity (Wildman–Crippen MR) is 371 cm³/mol. The van der Waals surface area contributed by atoms with Crippen molar-refractivity contribution in [1.29, 1.82) is 0 Å². The van der Waals surface area contributed by atoms with Crippen LogP contribution in [0.15, 0.2) is 224 Å². The van der Waals surface area contributed by atoms with Gasteiger partial charge in [-0.15, -0.1) is 0 Å². The predicted octanol–water partition coefficient (Wildman–Crippen LogP) is 5.93. The summed E-state index contributed by atoms with van der Waals surface area (Å²) in [5.74, 6) is -7.01. The van der Waals surface area contributed by atoms with Crippen molar-refractivity contribution >= 4 is 83.5 Å². The van der Waals surface area contributed by atoms with Crippen LogP contribution in [-0.4, -0.2) is 46.0 Å². The molecule has 0 spiro atoms. The van der Waals surface area contributed by atoms with Gasteiger partial charge in [0.25, 0.3) is 0 Å². The van der Waals surface area contributed by atoms with Crippen molar-refractivity contribution in [2.45, 2.75) is 132 Å². The molecule has 8 rings (SSSR count). The number of benzene rings is 7. The van der Waals surface area contributed by atoms with Gasteiger partial charge in [-0.05, 0) is 79.3 Å². The number of carbonyl (C=O) groups excluding carboxylic acids is 6. The molecule has 0 saturated heterocycles. The fraction of sp³-hybridized carbons (Fsp3) is 0.325. The molecule has 16 nitrogen and oxygen atoms in total. The normalized spacial score (nSPS) is 10.2. The first-order chi connectivity index (χ1) is 43.7. The molecule has 1 aromatic heterocycles. The van der Waals surface area contributed by atoms with Crippen LogP contribution < -0.4 is 72.7 Å². The van der Waals surface area contributed by atoms with Gasteiger partial charge in [0.15, 0.2) is 0 Å². The second kappa shape index (κ2) is 52.6. The third kappa shape index (κ3) is 51.5. The molecule has 0 N–H and O–H groups in total. The van der Waals surface area contributed by atoms with Crippen LogP contribution in [0.5, 0.6) is 11.8 Å². The van der Waals surface area contributed by atoms with E-state index in [1.165, 1.54) is 37.4 Å². The van der Waals surface area contributed by atoms with Gasteiger partial charge in [-0.2, -0.15) is 10.2 Å². The Morgan fingerprint density at radius 1 is 0.273 bits per heavy atom. The van der Waals surface area contributed by atoms with Gasteiger partial charge in [0.05, 0.1) is 7.92 Å². The van der Waals surface area contributed by atoms with Gasteiger partial charge in [0.1, 0.15) is 15.9 Å². The minimum atomic E-state index is -1.01. The SMILES string of the molecule is CC(C)(C)C(=O)[O-].CC(C)(C)C(=O)[O-].CC(C)(C)C(=O)[O-].CC(C)(C)C(=O)[O-].CC(C)(C)C(=O)[O-].CC(C)(C)C(=O)[O-].Cc1ccccc1.[O-]c1ccc([O-])nn1.[W+2].[W+2].[W+2].[W+2].c1ccc(P(c2ccccc2)c2ccccc2)cc1.c1ccc([PH+](c2ccccc2)c2ccccc2)cc1. The molecule has 1 heterocycles. The Morgan fingerprint density at radius 3 is 0.535 bits per heavy atom. The summed E-state index contributed by atoms with van der Waals surface area (Å²) in [5.41, 5.74) is -2.84. The smallest absolute Gasteiger partial charge is 0.857 e. The molecule has 530 valence electrons. The Morgan fingerprint density at radius 2 is 0.414 bits per heavy atom. The zero-order valence-electron chi connectivity index (χ0n) is 60.1. The van der Waals surface area contributed by atoms with E-state index in [9.17, 15) is 69.6 Å². The Kier molecular flexibility index (Phi) is 55.1. The maximum atomic E-state index is 10.1. The minimum Gasteiger partial charge on any atom is -0.857 e. The van der Waals surface area contributed by atoms with Gasteiger partial charge >= 0.3 is 84.3 Å². The molecule has 99 heavy (non-hydrogen) atoms. The van der Waals surface area contributed by atoms with E-state index in [2.05, 4.69) is 211 Å². The van der Waals surface area contributed by atoms with Crippen LogP contribution in [0.4, 0.5) is 0 Å². The largest absolute Gasteiger partial charge is 2.00 e. The summed E-state index contributed by atoms with van der Waals surface area (Å²) in [6.45, 7) is 30.9. The second-order valence-electron chi connectivity index (χ2n) is 26.9. The van der Waals surface area contributed by atoms with Crippen LogP contribution >= 0.6 is 15.8 Å². The number of hydrogen-bond donors (Lipinski definition) is 0. The van der Waals surface area contributed by atoms with Crippen LogP contribution in [-0.2, 0) is 113 Å². The average molecular weight is 2070 g/mol. The van der Waals surface area contributed by atoms with E-state index in [1.54, 1.807) is 125 Å². The number of nitrogens with zero attached hydrogens (tertiary/aromatic N) is 2. The van der Waals surface area contributed by atoms with Gasteiger partial charge in [-0.3, -0.25) is 0 Å². The van der Waals surface area contributed by atoms with Crippen molar-refractivity contribution in [1.82, 2.24) is 10.2 Å². The van der Waals surface area contributed by atoms with E-state index in [0.29, 0.717) is 0 Å². The molecular weight excluding hydrogens is 1970 g/mol. The van der Waals surface area contributed by atoms with E-state index < -0.39 is 95.9 Å². The van der Waals surface area contributed by atoms with Crippen LogP contribution in [0.25, 0.3) is 0 Å². The third-order valence-corrected chi connectivity index (χ3v) is 16.6. The van der Waals surface area contributed by atoms with Crippen LogP contribution in [0.3, 0.4) is 0 Å². The monoisotopic (exact) mass is 2070 g/mol. The summed E-state index contributed by atoms with van der Waals surface area (Å²) in [4.78, 5) is 59.5. The van der Waals surface area contributed by atoms with Gasteiger partial charge in [0.2, 0.25) is 0 Å². The Bertz CT molecular complexity index is 2910. The maximum Gasteiger partial charge on any atom is 2.00 e. The zero-order chi connectivity index (χ0) is 73.4. The fourth-order valence-corrected chi connectivity index (χ4v) is 10.2. The van der Waals surface area contributed by atoms with E-state index in [1.807, 2.05) is 18.2 Å². The minimum absolute atomic E-state index is 0. The number of carboxylic acids is 6. The number of aromatic nitrogens is 2. The molecule has 0 atom stereocenters. The van der Waals surface area contributed by atoms with Crippen molar-refractivity contribution in [2.24, 2.45) is 32.5 Å². The Labute approximate surface area is 647 Å². The van der Waals surface area contributed by atoms with Gasteiger partial charge < -0.3 is 69.6 Å². The first-order valence-corrected chi connectivity index (χ1v) is 33.1. The van der Waals surface area contributed by atoms with Crippen molar-refractivity contribution in [2.75, 3.05) is 0 Å². The first kappa shape index (κ1) is 104. The maximum absolute atomic E-state index is 10.1. The van der Waals surface area contributed by atoms with E-state index in [-0.39, 0.29) is 84.3 Å². The number of aliphatic carboxylic acids is 6.